The highest BCUT2D eigenvalue weighted by Gasteiger charge is 2.32. The molecule has 0 saturated heterocycles. The molecule has 9 heteroatoms. The minimum atomic E-state index is -4.49. The molecule has 20 heavy (non-hydrogen) atoms. The van der Waals surface area contributed by atoms with Crippen molar-refractivity contribution >= 4 is 5.97 Å². The number of halogens is 3. The lowest BCUT2D eigenvalue weighted by molar-refractivity contribution is -0.155. The van der Waals surface area contributed by atoms with Gasteiger partial charge in [0.2, 0.25) is 5.89 Å². The van der Waals surface area contributed by atoms with E-state index in [2.05, 4.69) is 10.1 Å². The molecular formula is C11H16F3N3O3. The first-order valence-corrected chi connectivity index (χ1v) is 5.98. The van der Waals surface area contributed by atoms with Crippen molar-refractivity contribution in [2.75, 3.05) is 13.1 Å². The molecule has 0 radical (unpaired) electrons. The molecule has 0 amide bonds. The van der Waals surface area contributed by atoms with Crippen LogP contribution in [0.5, 0.6) is 0 Å². The van der Waals surface area contributed by atoms with E-state index in [0.29, 0.717) is 17.1 Å². The highest BCUT2D eigenvalue weighted by Crippen LogP contribution is 2.17. The molecule has 0 saturated carbocycles. The maximum atomic E-state index is 12.3. The van der Waals surface area contributed by atoms with Crippen LogP contribution in [0.4, 0.5) is 13.2 Å². The maximum absolute atomic E-state index is 12.3. The molecule has 114 valence electrons. The number of carboxylic acid groups (broad SMARTS) is 1. The zero-order valence-corrected chi connectivity index (χ0v) is 11.1. The molecule has 1 heterocycles. The van der Waals surface area contributed by atoms with Crippen LogP contribution >= 0.6 is 0 Å². The fraction of sp³-hybridized carbons (Fsp3) is 0.727. The van der Waals surface area contributed by atoms with Crippen molar-refractivity contribution in [3.05, 3.63) is 11.7 Å². The predicted octanol–water partition coefficient (Wildman–Crippen LogP) is 1.72. The lowest BCUT2D eigenvalue weighted by Crippen LogP contribution is -2.37. The molecule has 1 N–H and O–H groups in total. The molecule has 0 spiro atoms. The van der Waals surface area contributed by atoms with E-state index in [4.69, 9.17) is 9.63 Å². The van der Waals surface area contributed by atoms with Crippen molar-refractivity contribution in [3.8, 4) is 0 Å². The largest absolute Gasteiger partial charge is 0.480 e. The molecule has 1 aromatic rings. The average Bonchev–Trinajstić information content (AvgIpc) is 2.60. The number of nitrogens with zero attached hydrogens (tertiary/aromatic N) is 3. The van der Waals surface area contributed by atoms with Gasteiger partial charge in [0.05, 0.1) is 19.6 Å². The summed E-state index contributed by atoms with van der Waals surface area (Å²) in [6.07, 6.45) is -3.95. The number of carbonyl (C=O) groups is 1. The second-order valence-electron chi connectivity index (χ2n) is 4.86. The third-order valence-corrected chi connectivity index (χ3v) is 2.22. The summed E-state index contributed by atoms with van der Waals surface area (Å²) in [5.74, 6) is -0.689. The molecule has 1 aromatic heterocycles. The van der Waals surface area contributed by atoms with Gasteiger partial charge in [-0.25, -0.2) is 0 Å². The van der Waals surface area contributed by atoms with Crippen LogP contribution in [0.1, 0.15) is 25.6 Å². The van der Waals surface area contributed by atoms with E-state index in [1.165, 1.54) is 0 Å². The first-order valence-electron chi connectivity index (χ1n) is 5.98. The molecule has 0 aliphatic heterocycles. The van der Waals surface area contributed by atoms with Gasteiger partial charge >= 0.3 is 12.1 Å². The van der Waals surface area contributed by atoms with Gasteiger partial charge in [0, 0.05) is 6.42 Å². The zero-order chi connectivity index (χ0) is 15.3. The fourth-order valence-electron chi connectivity index (χ4n) is 1.61. The Morgan fingerprint density at radius 1 is 1.45 bits per heavy atom. The van der Waals surface area contributed by atoms with Gasteiger partial charge in [0.25, 0.3) is 0 Å². The number of alkyl halides is 3. The molecule has 6 nitrogen and oxygen atoms in total. The Morgan fingerprint density at radius 2 is 2.10 bits per heavy atom. The standard InChI is InChI=1S/C11H16F3N3O3/c1-7(2)3-8-15-9(20-16-8)4-17(5-10(18)19)6-11(12,13)14/h7H,3-6H2,1-2H3,(H,18,19). The molecule has 0 fully saturated rings. The van der Waals surface area contributed by atoms with Crippen molar-refractivity contribution in [1.82, 2.24) is 15.0 Å². The number of hydrogen-bond acceptors (Lipinski definition) is 5. The topological polar surface area (TPSA) is 79.5 Å². The Balaban J connectivity index is 2.68. The van der Waals surface area contributed by atoms with Crippen molar-refractivity contribution in [3.63, 3.8) is 0 Å². The van der Waals surface area contributed by atoms with E-state index < -0.39 is 25.2 Å². The monoisotopic (exact) mass is 295 g/mol. The Labute approximate surface area is 113 Å². The summed E-state index contributed by atoms with van der Waals surface area (Å²) in [6.45, 7) is 1.44. The second kappa shape index (κ2) is 6.69. The summed E-state index contributed by atoms with van der Waals surface area (Å²) in [7, 11) is 0. The first-order chi connectivity index (χ1) is 9.15. The lowest BCUT2D eigenvalue weighted by Gasteiger charge is -2.19. The van der Waals surface area contributed by atoms with Crippen molar-refractivity contribution < 1.29 is 27.6 Å². The summed E-state index contributed by atoms with van der Waals surface area (Å²) in [5.41, 5.74) is 0. The Hall–Kier alpha value is -1.64. The van der Waals surface area contributed by atoms with E-state index in [0.717, 1.165) is 0 Å². The van der Waals surface area contributed by atoms with Gasteiger partial charge in [0.15, 0.2) is 5.82 Å². The summed E-state index contributed by atoms with van der Waals surface area (Å²) < 4.78 is 41.8. The highest BCUT2D eigenvalue weighted by molar-refractivity contribution is 5.69. The van der Waals surface area contributed by atoms with Gasteiger partial charge in [-0.1, -0.05) is 19.0 Å². The fourth-order valence-corrected chi connectivity index (χ4v) is 1.61. The van der Waals surface area contributed by atoms with E-state index in [9.17, 15) is 18.0 Å². The van der Waals surface area contributed by atoms with Crippen LogP contribution in [-0.2, 0) is 17.8 Å². The molecule has 0 aliphatic rings. The van der Waals surface area contributed by atoms with Crippen LogP contribution in [0.15, 0.2) is 4.52 Å². The van der Waals surface area contributed by atoms with Crippen LogP contribution in [0.25, 0.3) is 0 Å². The summed E-state index contributed by atoms with van der Waals surface area (Å²) in [5, 5.41) is 12.3. The number of hydrogen-bond donors (Lipinski definition) is 1. The second-order valence-corrected chi connectivity index (χ2v) is 4.86. The summed E-state index contributed by atoms with van der Waals surface area (Å²) in [4.78, 5) is 15.2. The van der Waals surface area contributed by atoms with Crippen LogP contribution < -0.4 is 0 Å². The van der Waals surface area contributed by atoms with Gasteiger partial charge < -0.3 is 9.63 Å². The molecule has 0 unspecified atom stereocenters. The predicted molar refractivity (Wildman–Crippen MR) is 61.8 cm³/mol. The third-order valence-electron chi connectivity index (χ3n) is 2.22. The Morgan fingerprint density at radius 3 is 2.60 bits per heavy atom. The van der Waals surface area contributed by atoms with E-state index >= 15 is 0 Å². The average molecular weight is 295 g/mol. The third kappa shape index (κ3) is 6.50. The van der Waals surface area contributed by atoms with E-state index in [1.807, 2.05) is 13.8 Å². The normalized spacial score (nSPS) is 12.3. The van der Waals surface area contributed by atoms with Crippen molar-refractivity contribution in [2.45, 2.75) is 33.0 Å². The molecule has 0 aromatic carbocycles. The molecule has 0 bridgehead atoms. The van der Waals surface area contributed by atoms with Gasteiger partial charge in [-0.3, -0.25) is 9.69 Å². The summed E-state index contributed by atoms with van der Waals surface area (Å²) in [6, 6.07) is 0. The van der Waals surface area contributed by atoms with Crippen LogP contribution in [0.3, 0.4) is 0 Å². The molecule has 0 atom stereocenters. The summed E-state index contributed by atoms with van der Waals surface area (Å²) >= 11 is 0. The maximum Gasteiger partial charge on any atom is 0.401 e. The quantitative estimate of drug-likeness (QED) is 0.825. The number of rotatable bonds is 7. The highest BCUT2D eigenvalue weighted by atomic mass is 19.4. The smallest absolute Gasteiger partial charge is 0.401 e. The van der Waals surface area contributed by atoms with E-state index in [1.54, 1.807) is 0 Å². The zero-order valence-electron chi connectivity index (χ0n) is 11.1. The first kappa shape index (κ1) is 16.4. The van der Waals surface area contributed by atoms with Gasteiger partial charge in [0.1, 0.15) is 0 Å². The minimum absolute atomic E-state index is 0.0221. The van der Waals surface area contributed by atoms with Crippen molar-refractivity contribution in [1.29, 1.82) is 0 Å². The van der Waals surface area contributed by atoms with Gasteiger partial charge in [-0.2, -0.15) is 18.2 Å². The van der Waals surface area contributed by atoms with Gasteiger partial charge in [-0.05, 0) is 5.92 Å². The van der Waals surface area contributed by atoms with Crippen LogP contribution in [-0.4, -0.2) is 45.4 Å². The number of carboxylic acids is 1. The minimum Gasteiger partial charge on any atom is -0.480 e. The Bertz CT molecular complexity index is 446. The number of aromatic nitrogens is 2. The Kier molecular flexibility index (Phi) is 5.49. The number of aliphatic carboxylic acids is 1. The van der Waals surface area contributed by atoms with Crippen LogP contribution in [0, 0.1) is 5.92 Å². The van der Waals surface area contributed by atoms with E-state index in [-0.39, 0.29) is 18.4 Å². The van der Waals surface area contributed by atoms with Gasteiger partial charge in [-0.15, -0.1) is 0 Å². The molecular weight excluding hydrogens is 279 g/mol. The SMILES string of the molecule is CC(C)Cc1noc(CN(CC(=O)O)CC(F)(F)F)n1. The molecule has 1 rings (SSSR count). The van der Waals surface area contributed by atoms with Crippen LogP contribution in [0.2, 0.25) is 0 Å². The van der Waals surface area contributed by atoms with Crippen molar-refractivity contribution in [2.24, 2.45) is 5.92 Å². The molecule has 0 aliphatic carbocycles. The lowest BCUT2D eigenvalue weighted by atomic mass is 10.1.